The normalized spacial score (nSPS) is 11.0. The van der Waals surface area contributed by atoms with Crippen molar-refractivity contribution in [3.05, 3.63) is 64.7 Å². The van der Waals surface area contributed by atoms with E-state index in [1.807, 2.05) is 6.07 Å². The lowest BCUT2D eigenvalue weighted by molar-refractivity contribution is -0.125. The summed E-state index contributed by atoms with van der Waals surface area (Å²) < 4.78 is 34.8. The Bertz CT molecular complexity index is 796. The van der Waals surface area contributed by atoms with Crippen LogP contribution >= 0.6 is 11.6 Å². The first-order chi connectivity index (χ1) is 12.4. The van der Waals surface area contributed by atoms with E-state index in [1.54, 1.807) is 37.4 Å². The molecule has 2 aromatic carbocycles. The molecule has 0 N–H and O–H groups in total. The molecule has 0 aromatic heterocycles. The second-order valence-corrected chi connectivity index (χ2v) is 5.85. The van der Waals surface area contributed by atoms with Crippen molar-refractivity contribution in [1.82, 2.24) is 4.90 Å². The molecule has 4 nitrogen and oxygen atoms in total. The van der Waals surface area contributed by atoms with Crippen molar-refractivity contribution in [1.29, 1.82) is 0 Å². The van der Waals surface area contributed by atoms with Crippen molar-refractivity contribution >= 4 is 23.6 Å². The van der Waals surface area contributed by atoms with Crippen molar-refractivity contribution in [2.75, 3.05) is 14.2 Å². The molecular weight excluding hydrogens is 364 g/mol. The Morgan fingerprint density at radius 3 is 2.65 bits per heavy atom. The summed E-state index contributed by atoms with van der Waals surface area (Å²) >= 11 is 5.93. The Balaban J connectivity index is 2.14. The first-order valence-electron chi connectivity index (χ1n) is 7.70. The van der Waals surface area contributed by atoms with Crippen LogP contribution in [0.2, 0.25) is 5.02 Å². The third kappa shape index (κ3) is 5.46. The molecule has 0 fully saturated rings. The minimum Gasteiger partial charge on any atom is -0.493 e. The Morgan fingerprint density at radius 1 is 1.27 bits per heavy atom. The topological polar surface area (TPSA) is 38.8 Å². The Kier molecular flexibility index (Phi) is 6.97. The average Bonchev–Trinajstić information content (AvgIpc) is 2.60. The van der Waals surface area contributed by atoms with E-state index in [1.165, 1.54) is 30.2 Å². The molecule has 1 amide bonds. The van der Waals surface area contributed by atoms with Crippen LogP contribution in [0.5, 0.6) is 11.5 Å². The summed E-state index contributed by atoms with van der Waals surface area (Å²) in [7, 11) is 2.99. The van der Waals surface area contributed by atoms with E-state index in [9.17, 15) is 13.6 Å². The number of amides is 1. The molecule has 0 radical (unpaired) electrons. The highest BCUT2D eigenvalue weighted by molar-refractivity contribution is 6.30. The van der Waals surface area contributed by atoms with E-state index in [4.69, 9.17) is 16.3 Å². The number of methoxy groups -OCH3 is 1. The molecule has 0 spiro atoms. The lowest BCUT2D eigenvalue weighted by Crippen LogP contribution is -2.24. The number of benzene rings is 2. The molecule has 0 aliphatic heterocycles. The van der Waals surface area contributed by atoms with E-state index in [-0.39, 0.29) is 17.4 Å². The summed E-state index contributed by atoms with van der Waals surface area (Å²) in [5.41, 5.74) is 1.19. The van der Waals surface area contributed by atoms with Crippen molar-refractivity contribution in [3.8, 4) is 11.5 Å². The quantitative estimate of drug-likeness (QED) is 0.657. The predicted molar refractivity (Wildman–Crippen MR) is 96.6 cm³/mol. The zero-order valence-electron chi connectivity index (χ0n) is 14.3. The standard InChI is InChI=1S/C19H18ClF2NO3/c1-23(12-13-5-3-7-15(20)11-13)17(24)10-9-14-6-4-8-16(25-2)18(14)26-19(21)22/h3-11,19H,12H2,1-2H3. The maximum atomic E-state index is 12.6. The number of hydrogen-bond donors (Lipinski definition) is 0. The van der Waals surface area contributed by atoms with Crippen LogP contribution in [0.3, 0.4) is 0 Å². The third-order valence-electron chi connectivity index (χ3n) is 3.53. The van der Waals surface area contributed by atoms with Crippen LogP contribution in [-0.4, -0.2) is 31.6 Å². The summed E-state index contributed by atoms with van der Waals surface area (Å²) in [4.78, 5) is 13.8. The Morgan fingerprint density at radius 2 is 2.00 bits per heavy atom. The minimum atomic E-state index is -3.00. The lowest BCUT2D eigenvalue weighted by Gasteiger charge is -2.16. The molecule has 0 aliphatic carbocycles. The van der Waals surface area contributed by atoms with Gasteiger partial charge in [0, 0.05) is 30.3 Å². The number of carbonyl (C=O) groups is 1. The highest BCUT2D eigenvalue weighted by Crippen LogP contribution is 2.33. The molecule has 0 aliphatic rings. The van der Waals surface area contributed by atoms with Crippen molar-refractivity contribution in [3.63, 3.8) is 0 Å². The first kappa shape index (κ1) is 19.7. The fraction of sp³-hybridized carbons (Fsp3) is 0.211. The largest absolute Gasteiger partial charge is 0.493 e. The van der Waals surface area contributed by atoms with Crippen LogP contribution in [0.25, 0.3) is 6.08 Å². The van der Waals surface area contributed by atoms with Gasteiger partial charge in [-0.25, -0.2) is 0 Å². The lowest BCUT2D eigenvalue weighted by atomic mass is 10.1. The highest BCUT2D eigenvalue weighted by Gasteiger charge is 2.14. The summed E-state index contributed by atoms with van der Waals surface area (Å²) in [6, 6.07) is 11.9. The number of halogens is 3. The zero-order valence-corrected chi connectivity index (χ0v) is 15.0. The predicted octanol–water partition coefficient (Wildman–Crippen LogP) is 4.62. The van der Waals surface area contributed by atoms with Gasteiger partial charge in [-0.15, -0.1) is 0 Å². The van der Waals surface area contributed by atoms with Gasteiger partial charge in [-0.05, 0) is 29.8 Å². The van der Waals surface area contributed by atoms with Crippen LogP contribution < -0.4 is 9.47 Å². The van der Waals surface area contributed by atoms with E-state index >= 15 is 0 Å². The van der Waals surface area contributed by atoms with E-state index < -0.39 is 6.61 Å². The van der Waals surface area contributed by atoms with Crippen LogP contribution in [-0.2, 0) is 11.3 Å². The molecule has 0 saturated carbocycles. The highest BCUT2D eigenvalue weighted by atomic mass is 35.5. The number of alkyl halides is 2. The maximum Gasteiger partial charge on any atom is 0.387 e. The molecule has 138 valence electrons. The number of likely N-dealkylation sites (N-methyl/N-ethyl adjacent to an activating group) is 1. The van der Waals surface area contributed by atoms with Gasteiger partial charge < -0.3 is 14.4 Å². The molecule has 0 heterocycles. The number of carbonyl (C=O) groups excluding carboxylic acids is 1. The molecule has 0 bridgehead atoms. The molecule has 26 heavy (non-hydrogen) atoms. The molecular formula is C19H18ClF2NO3. The SMILES string of the molecule is COc1cccc(C=CC(=O)N(C)Cc2cccc(Cl)c2)c1OC(F)F. The molecule has 2 rings (SSSR count). The fourth-order valence-corrected chi connectivity index (χ4v) is 2.53. The monoisotopic (exact) mass is 381 g/mol. The van der Waals surface area contributed by atoms with Crippen LogP contribution in [0.15, 0.2) is 48.5 Å². The van der Waals surface area contributed by atoms with Gasteiger partial charge in [0.1, 0.15) is 0 Å². The molecule has 7 heteroatoms. The van der Waals surface area contributed by atoms with Gasteiger partial charge >= 0.3 is 6.61 Å². The van der Waals surface area contributed by atoms with Crippen LogP contribution in [0.1, 0.15) is 11.1 Å². The summed E-state index contributed by atoms with van der Waals surface area (Å²) in [5.74, 6) is -0.255. The summed E-state index contributed by atoms with van der Waals surface area (Å²) in [6.07, 6.45) is 2.70. The number of nitrogens with zero attached hydrogens (tertiary/aromatic N) is 1. The second-order valence-electron chi connectivity index (χ2n) is 5.41. The number of rotatable bonds is 7. The molecule has 2 aromatic rings. The smallest absolute Gasteiger partial charge is 0.387 e. The third-order valence-corrected chi connectivity index (χ3v) is 3.76. The number of ether oxygens (including phenoxy) is 2. The minimum absolute atomic E-state index is 0.119. The van der Waals surface area contributed by atoms with Crippen LogP contribution in [0.4, 0.5) is 8.78 Å². The Hall–Kier alpha value is -2.60. The van der Waals surface area contributed by atoms with Crippen LogP contribution in [0, 0.1) is 0 Å². The van der Waals surface area contributed by atoms with Gasteiger partial charge in [0.2, 0.25) is 5.91 Å². The number of para-hydroxylation sites is 1. The van der Waals surface area contributed by atoms with E-state index in [2.05, 4.69) is 4.74 Å². The molecule has 0 atom stereocenters. The van der Waals surface area contributed by atoms with E-state index in [0.29, 0.717) is 17.1 Å². The van der Waals surface area contributed by atoms with Gasteiger partial charge in [0.25, 0.3) is 0 Å². The zero-order chi connectivity index (χ0) is 19.1. The van der Waals surface area contributed by atoms with Gasteiger partial charge in [-0.2, -0.15) is 8.78 Å². The molecule has 0 unspecified atom stereocenters. The first-order valence-corrected chi connectivity index (χ1v) is 8.08. The maximum absolute atomic E-state index is 12.6. The van der Waals surface area contributed by atoms with Gasteiger partial charge in [-0.1, -0.05) is 35.9 Å². The van der Waals surface area contributed by atoms with Gasteiger partial charge in [0.05, 0.1) is 7.11 Å². The van der Waals surface area contributed by atoms with Crippen molar-refractivity contribution in [2.45, 2.75) is 13.2 Å². The Labute approximate surface area is 155 Å². The van der Waals surface area contributed by atoms with Gasteiger partial charge in [0.15, 0.2) is 11.5 Å². The van der Waals surface area contributed by atoms with Crippen molar-refractivity contribution in [2.24, 2.45) is 0 Å². The van der Waals surface area contributed by atoms with E-state index in [0.717, 1.165) is 5.56 Å². The second kappa shape index (κ2) is 9.20. The van der Waals surface area contributed by atoms with Crippen molar-refractivity contribution < 1.29 is 23.0 Å². The number of hydrogen-bond acceptors (Lipinski definition) is 3. The average molecular weight is 382 g/mol. The summed E-state index contributed by atoms with van der Waals surface area (Å²) in [6.45, 7) is -2.64. The fourth-order valence-electron chi connectivity index (χ4n) is 2.32. The summed E-state index contributed by atoms with van der Waals surface area (Å²) in [5, 5.41) is 0.587. The van der Waals surface area contributed by atoms with Gasteiger partial charge in [-0.3, -0.25) is 4.79 Å². The molecule has 0 saturated heterocycles.